The molecule has 0 unspecified atom stereocenters. The number of carbonyl (C=O) groups is 1. The smallest absolute Gasteiger partial charge is 0.338 e. The van der Waals surface area contributed by atoms with Crippen LogP contribution in [-0.2, 0) is 6.54 Å². The minimum atomic E-state index is -0.963. The van der Waals surface area contributed by atoms with E-state index in [4.69, 9.17) is 5.11 Å². The lowest BCUT2D eigenvalue weighted by Crippen LogP contribution is -2.00. The van der Waals surface area contributed by atoms with Crippen molar-refractivity contribution in [2.24, 2.45) is 0 Å². The molecule has 0 aliphatic rings. The van der Waals surface area contributed by atoms with Gasteiger partial charge in [0.15, 0.2) is 0 Å². The van der Waals surface area contributed by atoms with Crippen LogP contribution in [0.5, 0.6) is 0 Å². The van der Waals surface area contributed by atoms with Crippen LogP contribution in [-0.4, -0.2) is 25.8 Å². The number of pyridine rings is 1. The third-order valence-corrected chi connectivity index (χ3v) is 3.11. The average molecular weight is 267 g/mol. The zero-order chi connectivity index (χ0) is 14.1. The summed E-state index contributed by atoms with van der Waals surface area (Å²) in [6, 6.07) is 8.08. The SMILES string of the molecule is Cc1cnc2ccc(Cn3cc(C(=O)O)cn3)cc2c1. The Bertz CT molecular complexity index is 793. The van der Waals surface area contributed by atoms with Crippen LogP contribution in [0.2, 0.25) is 0 Å². The average Bonchev–Trinajstić information content (AvgIpc) is 2.87. The molecule has 100 valence electrons. The number of aryl methyl sites for hydroxylation is 1. The summed E-state index contributed by atoms with van der Waals surface area (Å²) < 4.78 is 1.62. The first-order valence-electron chi connectivity index (χ1n) is 6.23. The molecular weight excluding hydrogens is 254 g/mol. The molecule has 1 N–H and O–H groups in total. The van der Waals surface area contributed by atoms with Crippen molar-refractivity contribution in [2.75, 3.05) is 0 Å². The maximum atomic E-state index is 10.8. The lowest BCUT2D eigenvalue weighted by molar-refractivity contribution is 0.0697. The number of nitrogens with zero attached hydrogens (tertiary/aromatic N) is 3. The van der Waals surface area contributed by atoms with Crippen LogP contribution in [0.3, 0.4) is 0 Å². The molecule has 5 heteroatoms. The standard InChI is InChI=1S/C15H13N3O2/c1-10-4-12-5-11(2-3-14(12)16-6-10)8-18-9-13(7-17-18)15(19)20/h2-7,9H,8H2,1H3,(H,19,20). The fourth-order valence-electron chi connectivity index (χ4n) is 2.14. The summed E-state index contributed by atoms with van der Waals surface area (Å²) in [5.41, 5.74) is 3.32. The van der Waals surface area contributed by atoms with Gasteiger partial charge in [-0.1, -0.05) is 6.07 Å². The summed E-state index contributed by atoms with van der Waals surface area (Å²) in [6.45, 7) is 2.54. The van der Waals surface area contributed by atoms with E-state index in [1.807, 2.05) is 25.3 Å². The second-order valence-electron chi connectivity index (χ2n) is 4.77. The first kappa shape index (κ1) is 12.3. The van der Waals surface area contributed by atoms with E-state index in [0.717, 1.165) is 22.0 Å². The van der Waals surface area contributed by atoms with E-state index in [2.05, 4.69) is 22.2 Å². The molecule has 1 aromatic carbocycles. The van der Waals surface area contributed by atoms with Crippen molar-refractivity contribution >= 4 is 16.9 Å². The lowest BCUT2D eigenvalue weighted by Gasteiger charge is -2.04. The summed E-state index contributed by atoms with van der Waals surface area (Å²) in [7, 11) is 0. The fourth-order valence-corrected chi connectivity index (χ4v) is 2.14. The van der Waals surface area contributed by atoms with Crippen LogP contribution >= 0.6 is 0 Å². The van der Waals surface area contributed by atoms with Gasteiger partial charge in [-0.2, -0.15) is 5.10 Å². The van der Waals surface area contributed by atoms with E-state index in [-0.39, 0.29) is 5.56 Å². The molecule has 0 saturated carbocycles. The molecule has 3 rings (SSSR count). The van der Waals surface area contributed by atoms with Gasteiger partial charge in [-0.05, 0) is 36.2 Å². The number of hydrogen-bond donors (Lipinski definition) is 1. The van der Waals surface area contributed by atoms with Crippen molar-refractivity contribution in [3.63, 3.8) is 0 Å². The zero-order valence-corrected chi connectivity index (χ0v) is 10.9. The number of aromatic carboxylic acids is 1. The van der Waals surface area contributed by atoms with Gasteiger partial charge in [0.2, 0.25) is 0 Å². The number of carboxylic acids is 1. The molecular formula is C15H13N3O2. The van der Waals surface area contributed by atoms with Gasteiger partial charge in [0, 0.05) is 17.8 Å². The van der Waals surface area contributed by atoms with Gasteiger partial charge < -0.3 is 5.11 Å². The molecule has 0 spiro atoms. The molecule has 20 heavy (non-hydrogen) atoms. The Kier molecular flexibility index (Phi) is 2.95. The second kappa shape index (κ2) is 4.77. The fraction of sp³-hybridized carbons (Fsp3) is 0.133. The van der Waals surface area contributed by atoms with E-state index < -0.39 is 5.97 Å². The molecule has 0 saturated heterocycles. The number of aromatic nitrogens is 3. The second-order valence-corrected chi connectivity index (χ2v) is 4.77. The van der Waals surface area contributed by atoms with Crippen molar-refractivity contribution in [3.8, 4) is 0 Å². The maximum absolute atomic E-state index is 10.8. The van der Waals surface area contributed by atoms with Crippen LogP contribution in [0.4, 0.5) is 0 Å². The van der Waals surface area contributed by atoms with Gasteiger partial charge in [0.25, 0.3) is 0 Å². The highest BCUT2D eigenvalue weighted by atomic mass is 16.4. The topological polar surface area (TPSA) is 68.0 Å². The van der Waals surface area contributed by atoms with Gasteiger partial charge in [0.05, 0.1) is 23.8 Å². The number of benzene rings is 1. The van der Waals surface area contributed by atoms with Crippen LogP contribution in [0.15, 0.2) is 42.9 Å². The Morgan fingerprint density at radius 3 is 2.90 bits per heavy atom. The third kappa shape index (κ3) is 2.38. The van der Waals surface area contributed by atoms with Gasteiger partial charge in [-0.25, -0.2) is 4.79 Å². The highest BCUT2D eigenvalue weighted by Gasteiger charge is 2.06. The minimum absolute atomic E-state index is 0.198. The summed E-state index contributed by atoms with van der Waals surface area (Å²) in [5.74, 6) is -0.963. The normalized spacial score (nSPS) is 10.8. The molecule has 0 aliphatic carbocycles. The zero-order valence-electron chi connectivity index (χ0n) is 10.9. The largest absolute Gasteiger partial charge is 0.478 e. The Hall–Kier alpha value is -2.69. The highest BCUT2D eigenvalue weighted by Crippen LogP contribution is 2.16. The summed E-state index contributed by atoms with van der Waals surface area (Å²) >= 11 is 0. The number of carboxylic acid groups (broad SMARTS) is 1. The number of hydrogen-bond acceptors (Lipinski definition) is 3. The molecule has 0 bridgehead atoms. The minimum Gasteiger partial charge on any atom is -0.478 e. The molecule has 2 aromatic heterocycles. The van der Waals surface area contributed by atoms with Crippen molar-refractivity contribution in [1.82, 2.24) is 14.8 Å². The number of fused-ring (bicyclic) bond motifs is 1. The van der Waals surface area contributed by atoms with Gasteiger partial charge in [-0.3, -0.25) is 9.67 Å². The van der Waals surface area contributed by atoms with E-state index >= 15 is 0 Å². The molecule has 5 nitrogen and oxygen atoms in total. The maximum Gasteiger partial charge on any atom is 0.338 e. The number of rotatable bonds is 3. The predicted molar refractivity (Wildman–Crippen MR) is 74.8 cm³/mol. The molecule has 0 radical (unpaired) electrons. The predicted octanol–water partition coefficient (Wildman–Crippen LogP) is 2.49. The van der Waals surface area contributed by atoms with Crippen LogP contribution in [0, 0.1) is 6.92 Å². The van der Waals surface area contributed by atoms with Crippen LogP contribution in [0.25, 0.3) is 10.9 Å². The molecule has 0 amide bonds. The van der Waals surface area contributed by atoms with Crippen LogP contribution in [0.1, 0.15) is 21.5 Å². The molecule has 0 aliphatic heterocycles. The molecule has 3 aromatic rings. The van der Waals surface area contributed by atoms with Crippen molar-refractivity contribution in [3.05, 3.63) is 59.5 Å². The molecule has 0 fully saturated rings. The molecule has 2 heterocycles. The van der Waals surface area contributed by atoms with Gasteiger partial charge in [0.1, 0.15) is 0 Å². The van der Waals surface area contributed by atoms with Crippen LogP contribution < -0.4 is 0 Å². The quantitative estimate of drug-likeness (QED) is 0.791. The Morgan fingerprint density at radius 1 is 1.30 bits per heavy atom. The Morgan fingerprint density at radius 2 is 2.15 bits per heavy atom. The first-order valence-corrected chi connectivity index (χ1v) is 6.23. The van der Waals surface area contributed by atoms with E-state index in [1.165, 1.54) is 12.4 Å². The Balaban J connectivity index is 1.91. The summed E-state index contributed by atoms with van der Waals surface area (Å²) in [5, 5.41) is 14.0. The van der Waals surface area contributed by atoms with Gasteiger partial charge in [-0.15, -0.1) is 0 Å². The first-order chi connectivity index (χ1) is 9.61. The van der Waals surface area contributed by atoms with Crippen molar-refractivity contribution < 1.29 is 9.90 Å². The Labute approximate surface area is 115 Å². The highest BCUT2D eigenvalue weighted by molar-refractivity contribution is 5.86. The van der Waals surface area contributed by atoms with Crippen molar-refractivity contribution in [1.29, 1.82) is 0 Å². The third-order valence-electron chi connectivity index (χ3n) is 3.11. The van der Waals surface area contributed by atoms with Gasteiger partial charge >= 0.3 is 5.97 Å². The summed E-state index contributed by atoms with van der Waals surface area (Å²) in [6.07, 6.45) is 4.73. The van der Waals surface area contributed by atoms with E-state index in [1.54, 1.807) is 4.68 Å². The lowest BCUT2D eigenvalue weighted by atomic mass is 10.1. The van der Waals surface area contributed by atoms with Crippen molar-refractivity contribution in [2.45, 2.75) is 13.5 Å². The van der Waals surface area contributed by atoms with E-state index in [9.17, 15) is 4.79 Å². The monoisotopic (exact) mass is 267 g/mol. The molecule has 0 atom stereocenters. The summed E-state index contributed by atoms with van der Waals surface area (Å²) in [4.78, 5) is 15.2. The van der Waals surface area contributed by atoms with E-state index in [0.29, 0.717) is 6.54 Å².